The van der Waals surface area contributed by atoms with E-state index in [9.17, 15) is 0 Å². The van der Waals surface area contributed by atoms with Gasteiger partial charge in [0.2, 0.25) is 0 Å². The van der Waals surface area contributed by atoms with Crippen molar-refractivity contribution in [2.45, 2.75) is 57.3 Å². The fourth-order valence-corrected chi connectivity index (χ4v) is 3.60. The van der Waals surface area contributed by atoms with Crippen LogP contribution in [-0.2, 0) is 11.8 Å². The molecule has 1 aromatic rings. The monoisotopic (exact) mass is 238 g/mol. The predicted octanol–water partition coefficient (Wildman–Crippen LogP) is 3.26. The SMILES string of the molecule is CC1(c2nc(CCCN)cs2)CCCCC1. The number of hydrogen-bond acceptors (Lipinski definition) is 3. The van der Waals surface area contributed by atoms with Crippen LogP contribution < -0.4 is 5.73 Å². The van der Waals surface area contributed by atoms with Crippen molar-refractivity contribution in [2.24, 2.45) is 5.73 Å². The Morgan fingerprint density at radius 1 is 1.38 bits per heavy atom. The summed E-state index contributed by atoms with van der Waals surface area (Å²) in [5, 5.41) is 3.59. The van der Waals surface area contributed by atoms with E-state index >= 15 is 0 Å². The third kappa shape index (κ3) is 2.64. The zero-order valence-electron chi connectivity index (χ0n) is 10.2. The van der Waals surface area contributed by atoms with Gasteiger partial charge in [-0.25, -0.2) is 4.98 Å². The first-order chi connectivity index (χ1) is 7.74. The van der Waals surface area contributed by atoms with Gasteiger partial charge in [0.15, 0.2) is 0 Å². The second-order valence-corrected chi connectivity index (χ2v) is 6.02. The summed E-state index contributed by atoms with van der Waals surface area (Å²) in [6.45, 7) is 3.15. The van der Waals surface area contributed by atoms with Crippen LogP contribution in [0.4, 0.5) is 0 Å². The minimum absolute atomic E-state index is 0.365. The summed E-state index contributed by atoms with van der Waals surface area (Å²) in [6, 6.07) is 0. The average Bonchev–Trinajstić information content (AvgIpc) is 2.77. The summed E-state index contributed by atoms with van der Waals surface area (Å²) in [5.41, 5.74) is 7.14. The zero-order chi connectivity index (χ0) is 11.4. The highest BCUT2D eigenvalue weighted by molar-refractivity contribution is 7.09. The fourth-order valence-electron chi connectivity index (χ4n) is 2.53. The molecule has 90 valence electrons. The molecule has 2 nitrogen and oxygen atoms in total. The zero-order valence-corrected chi connectivity index (χ0v) is 11.0. The minimum atomic E-state index is 0.365. The number of thiazole rings is 1. The van der Waals surface area contributed by atoms with Crippen molar-refractivity contribution in [3.05, 3.63) is 16.1 Å². The highest BCUT2D eigenvalue weighted by Gasteiger charge is 2.31. The maximum absolute atomic E-state index is 5.53. The van der Waals surface area contributed by atoms with Crippen molar-refractivity contribution in [2.75, 3.05) is 6.54 Å². The molecule has 1 aliphatic carbocycles. The molecule has 0 spiro atoms. The lowest BCUT2D eigenvalue weighted by atomic mass is 9.76. The number of aryl methyl sites for hydroxylation is 1. The Hall–Kier alpha value is -0.410. The lowest BCUT2D eigenvalue weighted by molar-refractivity contribution is 0.318. The molecule has 1 fully saturated rings. The van der Waals surface area contributed by atoms with E-state index in [0.29, 0.717) is 5.41 Å². The highest BCUT2D eigenvalue weighted by atomic mass is 32.1. The van der Waals surface area contributed by atoms with E-state index in [0.717, 1.165) is 19.4 Å². The quantitative estimate of drug-likeness (QED) is 0.874. The molecule has 16 heavy (non-hydrogen) atoms. The first-order valence-electron chi connectivity index (χ1n) is 6.39. The molecule has 0 bridgehead atoms. The highest BCUT2D eigenvalue weighted by Crippen LogP contribution is 2.40. The normalized spacial score (nSPS) is 19.9. The Morgan fingerprint density at radius 2 is 2.12 bits per heavy atom. The topological polar surface area (TPSA) is 38.9 Å². The third-order valence-corrected chi connectivity index (χ3v) is 4.86. The molecule has 1 heterocycles. The van der Waals surface area contributed by atoms with Gasteiger partial charge in [0.25, 0.3) is 0 Å². The van der Waals surface area contributed by atoms with Gasteiger partial charge in [0, 0.05) is 10.8 Å². The van der Waals surface area contributed by atoms with Crippen molar-refractivity contribution in [3.63, 3.8) is 0 Å². The summed E-state index contributed by atoms with van der Waals surface area (Å²) in [6.07, 6.45) is 8.88. The van der Waals surface area contributed by atoms with Gasteiger partial charge in [-0.15, -0.1) is 11.3 Å². The van der Waals surface area contributed by atoms with Crippen LogP contribution >= 0.6 is 11.3 Å². The van der Waals surface area contributed by atoms with Crippen molar-refractivity contribution < 1.29 is 0 Å². The molecule has 0 radical (unpaired) electrons. The maximum Gasteiger partial charge on any atom is 0.0987 e. The molecule has 0 unspecified atom stereocenters. The molecule has 0 aliphatic heterocycles. The van der Waals surface area contributed by atoms with Gasteiger partial charge >= 0.3 is 0 Å². The average molecular weight is 238 g/mol. The molecule has 0 atom stereocenters. The predicted molar refractivity (Wildman–Crippen MR) is 69.9 cm³/mol. The van der Waals surface area contributed by atoms with Crippen LogP contribution in [0.5, 0.6) is 0 Å². The fraction of sp³-hybridized carbons (Fsp3) is 0.769. The summed E-state index contributed by atoms with van der Waals surface area (Å²) < 4.78 is 0. The molecule has 0 aromatic carbocycles. The van der Waals surface area contributed by atoms with Crippen LogP contribution in [0.2, 0.25) is 0 Å². The first kappa shape index (κ1) is 12.1. The Morgan fingerprint density at radius 3 is 2.81 bits per heavy atom. The van der Waals surface area contributed by atoms with Crippen molar-refractivity contribution in [1.29, 1.82) is 0 Å². The second kappa shape index (κ2) is 5.28. The first-order valence-corrected chi connectivity index (χ1v) is 7.27. The lowest BCUT2D eigenvalue weighted by Crippen LogP contribution is -2.24. The number of nitrogens with zero attached hydrogens (tertiary/aromatic N) is 1. The standard InChI is InChI=1S/C13H22N2S/c1-13(7-3-2-4-8-13)12-15-11(10-16-12)6-5-9-14/h10H,2-9,14H2,1H3. The molecular formula is C13H22N2S. The third-order valence-electron chi connectivity index (χ3n) is 3.66. The Balaban J connectivity index is 2.05. The van der Waals surface area contributed by atoms with Crippen LogP contribution in [0, 0.1) is 0 Å². The van der Waals surface area contributed by atoms with Crippen molar-refractivity contribution >= 4 is 11.3 Å². The number of rotatable bonds is 4. The molecule has 2 N–H and O–H groups in total. The van der Waals surface area contributed by atoms with E-state index in [1.165, 1.54) is 42.8 Å². The van der Waals surface area contributed by atoms with Crippen LogP contribution in [0.1, 0.15) is 56.2 Å². The molecule has 1 aliphatic rings. The Bertz CT molecular complexity index is 326. The van der Waals surface area contributed by atoms with Gasteiger partial charge in [0.1, 0.15) is 0 Å². The molecule has 0 saturated heterocycles. The summed E-state index contributed by atoms with van der Waals surface area (Å²) in [5.74, 6) is 0. The lowest BCUT2D eigenvalue weighted by Gasteiger charge is -2.31. The van der Waals surface area contributed by atoms with E-state index in [1.807, 2.05) is 11.3 Å². The van der Waals surface area contributed by atoms with Crippen LogP contribution in [-0.4, -0.2) is 11.5 Å². The maximum atomic E-state index is 5.53. The van der Waals surface area contributed by atoms with E-state index in [2.05, 4.69) is 12.3 Å². The van der Waals surface area contributed by atoms with Gasteiger partial charge in [0.05, 0.1) is 10.7 Å². The Kier molecular flexibility index (Phi) is 3.98. The van der Waals surface area contributed by atoms with Crippen LogP contribution in [0.3, 0.4) is 0 Å². The molecule has 3 heteroatoms. The van der Waals surface area contributed by atoms with Gasteiger partial charge in [-0.05, 0) is 32.2 Å². The van der Waals surface area contributed by atoms with Crippen LogP contribution in [0.25, 0.3) is 0 Å². The molecular weight excluding hydrogens is 216 g/mol. The smallest absolute Gasteiger partial charge is 0.0987 e. The second-order valence-electron chi connectivity index (χ2n) is 5.16. The van der Waals surface area contributed by atoms with Gasteiger partial charge < -0.3 is 5.73 Å². The summed E-state index contributed by atoms with van der Waals surface area (Å²) in [4.78, 5) is 4.81. The number of aromatic nitrogens is 1. The van der Waals surface area contributed by atoms with E-state index in [4.69, 9.17) is 10.7 Å². The largest absolute Gasteiger partial charge is 0.330 e. The van der Waals surface area contributed by atoms with Crippen molar-refractivity contribution in [1.82, 2.24) is 4.98 Å². The van der Waals surface area contributed by atoms with E-state index < -0.39 is 0 Å². The molecule has 2 rings (SSSR count). The number of hydrogen-bond donors (Lipinski definition) is 1. The van der Waals surface area contributed by atoms with Crippen LogP contribution in [0.15, 0.2) is 5.38 Å². The molecule has 1 aromatic heterocycles. The molecule has 1 saturated carbocycles. The molecule has 0 amide bonds. The van der Waals surface area contributed by atoms with Crippen molar-refractivity contribution in [3.8, 4) is 0 Å². The Labute approximate surface area is 102 Å². The van der Waals surface area contributed by atoms with Gasteiger partial charge in [-0.1, -0.05) is 26.2 Å². The van der Waals surface area contributed by atoms with Gasteiger partial charge in [-0.2, -0.15) is 0 Å². The van der Waals surface area contributed by atoms with E-state index in [1.54, 1.807) is 0 Å². The number of nitrogens with two attached hydrogens (primary N) is 1. The van der Waals surface area contributed by atoms with E-state index in [-0.39, 0.29) is 0 Å². The summed E-state index contributed by atoms with van der Waals surface area (Å²) >= 11 is 1.85. The van der Waals surface area contributed by atoms with Gasteiger partial charge in [-0.3, -0.25) is 0 Å². The minimum Gasteiger partial charge on any atom is -0.330 e. The summed E-state index contributed by atoms with van der Waals surface area (Å²) in [7, 11) is 0.